The molecule has 2 nitrogen and oxygen atoms in total. The van der Waals surface area contributed by atoms with Crippen molar-refractivity contribution in [3.05, 3.63) is 34.3 Å². The van der Waals surface area contributed by atoms with Gasteiger partial charge in [-0.3, -0.25) is 0 Å². The maximum Gasteiger partial charge on any atom is 0.0696 e. The molecule has 0 aromatic heterocycles. The number of halogens is 1. The molecule has 1 saturated heterocycles. The van der Waals surface area contributed by atoms with Gasteiger partial charge >= 0.3 is 0 Å². The van der Waals surface area contributed by atoms with Gasteiger partial charge in [0, 0.05) is 11.0 Å². The predicted octanol–water partition coefficient (Wildman–Crippen LogP) is 1.96. The molecular weight excluding hydrogens is 254 g/mol. The lowest BCUT2D eigenvalue weighted by atomic mass is 9.89. The van der Waals surface area contributed by atoms with Gasteiger partial charge in [0.15, 0.2) is 0 Å². The first-order valence-electron chi connectivity index (χ1n) is 5.39. The van der Waals surface area contributed by atoms with Crippen LogP contribution in [0, 0.1) is 5.92 Å². The van der Waals surface area contributed by atoms with Crippen LogP contribution in [0.3, 0.4) is 0 Å². The van der Waals surface area contributed by atoms with E-state index in [1.54, 1.807) is 0 Å². The molecule has 2 atom stereocenters. The molecule has 15 heavy (non-hydrogen) atoms. The zero-order valence-corrected chi connectivity index (χ0v) is 10.2. The second kappa shape index (κ2) is 5.10. The lowest BCUT2D eigenvalue weighted by Gasteiger charge is -2.28. The van der Waals surface area contributed by atoms with Gasteiger partial charge in [-0.15, -0.1) is 0 Å². The fraction of sp³-hybridized carbons (Fsp3) is 0.500. The third-order valence-corrected chi connectivity index (χ3v) is 3.47. The Kier molecular flexibility index (Phi) is 3.78. The van der Waals surface area contributed by atoms with Crippen molar-refractivity contribution in [2.45, 2.75) is 18.9 Å². The highest BCUT2D eigenvalue weighted by Crippen LogP contribution is 2.20. The second-order valence-electron chi connectivity index (χ2n) is 4.15. The van der Waals surface area contributed by atoms with Crippen molar-refractivity contribution in [1.29, 1.82) is 0 Å². The Balaban J connectivity index is 2.01. The molecule has 0 aliphatic carbocycles. The normalized spacial score (nSPS) is 26.5. The highest BCUT2D eigenvalue weighted by Gasteiger charge is 2.22. The lowest BCUT2D eigenvalue weighted by Crippen LogP contribution is -2.41. The van der Waals surface area contributed by atoms with Crippen molar-refractivity contribution in [1.82, 2.24) is 5.32 Å². The first-order valence-corrected chi connectivity index (χ1v) is 6.18. The van der Waals surface area contributed by atoms with E-state index in [-0.39, 0.29) is 6.10 Å². The largest absolute Gasteiger partial charge is 0.392 e. The van der Waals surface area contributed by atoms with Crippen LogP contribution in [0.15, 0.2) is 28.7 Å². The van der Waals surface area contributed by atoms with Crippen LogP contribution in [0.5, 0.6) is 0 Å². The van der Waals surface area contributed by atoms with E-state index in [2.05, 4.69) is 33.4 Å². The van der Waals surface area contributed by atoms with Crippen LogP contribution in [-0.2, 0) is 6.42 Å². The minimum absolute atomic E-state index is 0.197. The first kappa shape index (κ1) is 11.1. The van der Waals surface area contributed by atoms with E-state index in [9.17, 15) is 5.11 Å². The molecule has 2 N–H and O–H groups in total. The van der Waals surface area contributed by atoms with E-state index < -0.39 is 0 Å². The van der Waals surface area contributed by atoms with Crippen molar-refractivity contribution in [2.75, 3.05) is 13.1 Å². The van der Waals surface area contributed by atoms with Crippen LogP contribution in [0.25, 0.3) is 0 Å². The Morgan fingerprint density at radius 3 is 3.07 bits per heavy atom. The van der Waals surface area contributed by atoms with Gasteiger partial charge in [-0.1, -0.05) is 28.1 Å². The average Bonchev–Trinajstić information content (AvgIpc) is 2.22. The van der Waals surface area contributed by atoms with Crippen molar-refractivity contribution < 1.29 is 5.11 Å². The highest BCUT2D eigenvalue weighted by molar-refractivity contribution is 9.10. The molecule has 1 aliphatic rings. The Hall–Kier alpha value is -0.380. The molecule has 1 heterocycles. The molecule has 82 valence electrons. The van der Waals surface area contributed by atoms with Crippen LogP contribution < -0.4 is 5.32 Å². The molecule has 0 amide bonds. The Bertz CT molecular complexity index is 329. The first-order chi connectivity index (χ1) is 7.25. The standard InChI is InChI=1S/C12H16BrNO/c13-11-3-1-2-9(7-11)6-10-4-5-14-8-12(10)15/h1-3,7,10,12,14-15H,4-6,8H2. The summed E-state index contributed by atoms with van der Waals surface area (Å²) < 4.78 is 1.11. The number of hydrogen-bond donors (Lipinski definition) is 2. The van der Waals surface area contributed by atoms with Crippen LogP contribution in [0.1, 0.15) is 12.0 Å². The summed E-state index contributed by atoms with van der Waals surface area (Å²) in [6.07, 6.45) is 1.84. The van der Waals surface area contributed by atoms with Crippen LogP contribution in [0.4, 0.5) is 0 Å². The highest BCUT2D eigenvalue weighted by atomic mass is 79.9. The fourth-order valence-corrected chi connectivity index (χ4v) is 2.55. The Morgan fingerprint density at radius 2 is 2.33 bits per heavy atom. The summed E-state index contributed by atoms with van der Waals surface area (Å²) in [6.45, 7) is 1.76. The molecule has 1 aromatic rings. The van der Waals surface area contributed by atoms with Crippen molar-refractivity contribution >= 4 is 15.9 Å². The van der Waals surface area contributed by atoms with E-state index in [1.165, 1.54) is 5.56 Å². The van der Waals surface area contributed by atoms with Crippen molar-refractivity contribution in [2.24, 2.45) is 5.92 Å². The van der Waals surface area contributed by atoms with Gasteiger partial charge < -0.3 is 10.4 Å². The molecule has 0 radical (unpaired) electrons. The third kappa shape index (κ3) is 3.03. The summed E-state index contributed by atoms with van der Waals surface area (Å²) in [4.78, 5) is 0. The zero-order valence-electron chi connectivity index (χ0n) is 8.62. The minimum atomic E-state index is -0.197. The maximum absolute atomic E-state index is 9.83. The second-order valence-corrected chi connectivity index (χ2v) is 5.07. The molecule has 1 aliphatic heterocycles. The maximum atomic E-state index is 9.83. The lowest BCUT2D eigenvalue weighted by molar-refractivity contribution is 0.0820. The van der Waals surface area contributed by atoms with Gasteiger partial charge in [-0.25, -0.2) is 0 Å². The van der Waals surface area contributed by atoms with Gasteiger partial charge in [0.05, 0.1) is 6.10 Å². The number of benzene rings is 1. The summed E-state index contributed by atoms with van der Waals surface area (Å²) in [7, 11) is 0. The number of aliphatic hydroxyl groups excluding tert-OH is 1. The van der Waals surface area contributed by atoms with Crippen molar-refractivity contribution in [3.63, 3.8) is 0 Å². The molecular formula is C12H16BrNO. The number of nitrogens with one attached hydrogen (secondary N) is 1. The molecule has 2 rings (SSSR count). The minimum Gasteiger partial charge on any atom is -0.392 e. The molecule has 0 spiro atoms. The van der Waals surface area contributed by atoms with Gasteiger partial charge in [0.2, 0.25) is 0 Å². The van der Waals surface area contributed by atoms with Crippen LogP contribution in [0.2, 0.25) is 0 Å². The molecule has 1 fully saturated rings. The fourth-order valence-electron chi connectivity index (χ4n) is 2.10. The smallest absolute Gasteiger partial charge is 0.0696 e. The molecule has 3 heteroatoms. The van der Waals surface area contributed by atoms with Crippen LogP contribution in [-0.4, -0.2) is 24.3 Å². The Morgan fingerprint density at radius 1 is 1.47 bits per heavy atom. The number of rotatable bonds is 2. The van der Waals surface area contributed by atoms with Crippen LogP contribution >= 0.6 is 15.9 Å². The van der Waals surface area contributed by atoms with Crippen molar-refractivity contribution in [3.8, 4) is 0 Å². The van der Waals surface area contributed by atoms with E-state index in [4.69, 9.17) is 0 Å². The predicted molar refractivity (Wildman–Crippen MR) is 64.8 cm³/mol. The summed E-state index contributed by atoms with van der Waals surface area (Å²) in [5.74, 6) is 0.403. The third-order valence-electron chi connectivity index (χ3n) is 2.98. The van der Waals surface area contributed by atoms with E-state index in [1.807, 2.05) is 12.1 Å². The summed E-state index contributed by atoms with van der Waals surface area (Å²) in [5.41, 5.74) is 1.30. The molecule has 1 aromatic carbocycles. The zero-order chi connectivity index (χ0) is 10.7. The van der Waals surface area contributed by atoms with Gasteiger partial charge in [0.1, 0.15) is 0 Å². The topological polar surface area (TPSA) is 32.3 Å². The van der Waals surface area contributed by atoms with Gasteiger partial charge in [-0.2, -0.15) is 0 Å². The van der Waals surface area contributed by atoms with E-state index >= 15 is 0 Å². The summed E-state index contributed by atoms with van der Waals surface area (Å²) in [5, 5.41) is 13.0. The molecule has 2 unspecified atom stereocenters. The number of hydrogen-bond acceptors (Lipinski definition) is 2. The average molecular weight is 270 g/mol. The molecule has 0 saturated carbocycles. The Labute approximate surface area is 98.8 Å². The van der Waals surface area contributed by atoms with Gasteiger partial charge in [-0.05, 0) is 43.0 Å². The number of β-amino-alcohol motifs (C(OH)–C–C–N with tert-alkyl or cyclic N) is 1. The van der Waals surface area contributed by atoms with E-state index in [0.717, 1.165) is 30.4 Å². The quantitative estimate of drug-likeness (QED) is 0.861. The number of piperidine rings is 1. The van der Waals surface area contributed by atoms with Gasteiger partial charge in [0.25, 0.3) is 0 Å². The SMILES string of the molecule is OC1CNCCC1Cc1cccc(Br)c1. The van der Waals surface area contributed by atoms with E-state index in [0.29, 0.717) is 5.92 Å². The summed E-state index contributed by atoms with van der Waals surface area (Å²) in [6, 6.07) is 8.34. The summed E-state index contributed by atoms with van der Waals surface area (Å²) >= 11 is 3.47. The monoisotopic (exact) mass is 269 g/mol. The molecule has 0 bridgehead atoms. The number of aliphatic hydroxyl groups is 1.